The van der Waals surface area contributed by atoms with Gasteiger partial charge >= 0.3 is 5.69 Å². The molecule has 0 atom stereocenters. The maximum Gasteiger partial charge on any atom is 0.323 e. The first-order valence-corrected chi connectivity index (χ1v) is 6.28. The zero-order valence-electron chi connectivity index (χ0n) is 10.9. The summed E-state index contributed by atoms with van der Waals surface area (Å²) in [6.07, 6.45) is 0. The minimum Gasteiger partial charge on any atom is -0.344 e. The molecular weight excluding hydrogens is 246 g/mol. The number of hydrogen-bond acceptors (Lipinski definition) is 4. The molecule has 1 aliphatic heterocycles. The van der Waals surface area contributed by atoms with Gasteiger partial charge in [-0.25, -0.2) is 4.79 Å². The van der Waals surface area contributed by atoms with E-state index in [2.05, 4.69) is 15.3 Å². The summed E-state index contributed by atoms with van der Waals surface area (Å²) in [5, 5.41) is 3.12. The van der Waals surface area contributed by atoms with Gasteiger partial charge in [-0.05, 0) is 26.1 Å². The van der Waals surface area contributed by atoms with Crippen molar-refractivity contribution in [1.29, 1.82) is 0 Å². The van der Waals surface area contributed by atoms with Gasteiger partial charge in [0.05, 0.1) is 30.3 Å². The van der Waals surface area contributed by atoms with Crippen LogP contribution in [0.5, 0.6) is 0 Å². The van der Waals surface area contributed by atoms with Crippen LogP contribution >= 0.6 is 0 Å². The van der Waals surface area contributed by atoms with Gasteiger partial charge in [0.1, 0.15) is 0 Å². The molecule has 0 spiro atoms. The minimum absolute atomic E-state index is 0.210. The van der Waals surface area contributed by atoms with E-state index in [1.165, 1.54) is 0 Å². The van der Waals surface area contributed by atoms with Gasteiger partial charge in [0.2, 0.25) is 0 Å². The van der Waals surface area contributed by atoms with E-state index in [9.17, 15) is 4.79 Å². The van der Waals surface area contributed by atoms with Gasteiger partial charge in [0.15, 0.2) is 5.79 Å². The van der Waals surface area contributed by atoms with E-state index < -0.39 is 5.79 Å². The molecule has 0 unspecified atom stereocenters. The van der Waals surface area contributed by atoms with Gasteiger partial charge in [-0.1, -0.05) is 6.07 Å². The van der Waals surface area contributed by atoms with Crippen LogP contribution < -0.4 is 11.0 Å². The number of likely N-dealkylation sites (N-methyl/N-ethyl adjacent to an activating group) is 1. The summed E-state index contributed by atoms with van der Waals surface area (Å²) in [6.45, 7) is 3.08. The molecule has 1 saturated heterocycles. The first-order chi connectivity index (χ1) is 9.10. The number of hydrogen-bond donors (Lipinski definition) is 3. The van der Waals surface area contributed by atoms with Gasteiger partial charge in [-0.15, -0.1) is 0 Å². The second kappa shape index (κ2) is 4.48. The summed E-state index contributed by atoms with van der Waals surface area (Å²) in [5.41, 5.74) is 2.22. The van der Waals surface area contributed by atoms with Crippen LogP contribution in [-0.4, -0.2) is 36.3 Å². The topological polar surface area (TPSA) is 79.1 Å². The quantitative estimate of drug-likeness (QED) is 0.744. The molecule has 1 aliphatic rings. The normalized spacial score (nSPS) is 27.8. The molecule has 1 aromatic carbocycles. The highest BCUT2D eigenvalue weighted by Gasteiger charge is 2.34. The fourth-order valence-electron chi connectivity index (χ4n) is 2.26. The number of aromatic amines is 2. The van der Waals surface area contributed by atoms with Crippen LogP contribution in [0.1, 0.15) is 12.5 Å². The van der Waals surface area contributed by atoms with Crippen LogP contribution in [-0.2, 0) is 15.3 Å². The van der Waals surface area contributed by atoms with E-state index in [1.54, 1.807) is 0 Å². The minimum atomic E-state index is -0.768. The Kier molecular flexibility index (Phi) is 2.93. The fraction of sp³-hybridized carbons (Fsp3) is 0.462. The second-order valence-corrected chi connectivity index (χ2v) is 4.89. The lowest BCUT2D eigenvalue weighted by Gasteiger charge is -2.37. The highest BCUT2D eigenvalue weighted by Crippen LogP contribution is 2.31. The number of H-pyrrole nitrogens is 2. The summed E-state index contributed by atoms with van der Waals surface area (Å²) in [5.74, 6) is -0.768. The summed E-state index contributed by atoms with van der Waals surface area (Å²) in [6, 6.07) is 5.85. The zero-order valence-corrected chi connectivity index (χ0v) is 10.9. The highest BCUT2D eigenvalue weighted by molar-refractivity contribution is 5.75. The van der Waals surface area contributed by atoms with Gasteiger partial charge in [-0.2, -0.15) is 0 Å². The number of benzene rings is 1. The van der Waals surface area contributed by atoms with E-state index in [1.807, 2.05) is 32.2 Å². The fourth-order valence-corrected chi connectivity index (χ4v) is 2.26. The van der Waals surface area contributed by atoms with Crippen LogP contribution in [0.2, 0.25) is 0 Å². The Morgan fingerprint density at radius 2 is 1.95 bits per heavy atom. The number of aromatic nitrogens is 2. The SMILES string of the molecule is CNC1COC(C)(c2ccc3[nH]c(=O)[nH]c3c2)OC1. The van der Waals surface area contributed by atoms with Crippen molar-refractivity contribution in [2.75, 3.05) is 20.3 Å². The van der Waals surface area contributed by atoms with Crippen molar-refractivity contribution in [3.63, 3.8) is 0 Å². The Labute approximate surface area is 110 Å². The van der Waals surface area contributed by atoms with Crippen molar-refractivity contribution < 1.29 is 9.47 Å². The van der Waals surface area contributed by atoms with E-state index in [0.717, 1.165) is 16.6 Å². The number of rotatable bonds is 2. The van der Waals surface area contributed by atoms with Gasteiger partial charge in [-0.3, -0.25) is 0 Å². The summed E-state index contributed by atoms with van der Waals surface area (Å²) in [4.78, 5) is 16.7. The zero-order chi connectivity index (χ0) is 13.5. The first-order valence-electron chi connectivity index (χ1n) is 6.28. The Balaban J connectivity index is 1.92. The standard InChI is InChI=1S/C13H17N3O3/c1-13(18-6-9(14-2)7-19-13)8-3-4-10-11(5-8)16-12(17)15-10/h3-5,9,14H,6-7H2,1-2H3,(H2,15,16,17). The second-order valence-electron chi connectivity index (χ2n) is 4.89. The number of fused-ring (bicyclic) bond motifs is 1. The lowest BCUT2D eigenvalue weighted by atomic mass is 10.1. The first kappa shape index (κ1) is 12.4. The van der Waals surface area contributed by atoms with Crippen molar-refractivity contribution in [1.82, 2.24) is 15.3 Å². The number of nitrogens with one attached hydrogen (secondary N) is 3. The van der Waals surface area contributed by atoms with E-state index in [4.69, 9.17) is 9.47 Å². The monoisotopic (exact) mass is 263 g/mol. The molecule has 102 valence electrons. The summed E-state index contributed by atoms with van der Waals surface area (Å²) in [7, 11) is 1.89. The molecule has 2 aromatic rings. The summed E-state index contributed by atoms with van der Waals surface area (Å²) < 4.78 is 11.6. The lowest BCUT2D eigenvalue weighted by molar-refractivity contribution is -0.272. The Morgan fingerprint density at radius 1 is 1.26 bits per heavy atom. The third kappa shape index (κ3) is 2.18. The molecule has 6 nitrogen and oxygen atoms in total. The molecule has 6 heteroatoms. The molecule has 0 bridgehead atoms. The van der Waals surface area contributed by atoms with Crippen LogP contribution in [0, 0.1) is 0 Å². The molecular formula is C13H17N3O3. The molecule has 1 fully saturated rings. The number of imidazole rings is 1. The average molecular weight is 263 g/mol. The Hall–Kier alpha value is -1.63. The van der Waals surface area contributed by atoms with Gasteiger partial charge < -0.3 is 24.8 Å². The van der Waals surface area contributed by atoms with Crippen LogP contribution in [0.25, 0.3) is 11.0 Å². The Morgan fingerprint density at radius 3 is 2.63 bits per heavy atom. The molecule has 0 aliphatic carbocycles. The maximum atomic E-state index is 11.3. The predicted octanol–water partition coefficient (Wildman–Crippen LogP) is 0.664. The molecule has 3 N–H and O–H groups in total. The smallest absolute Gasteiger partial charge is 0.323 e. The summed E-state index contributed by atoms with van der Waals surface area (Å²) >= 11 is 0. The van der Waals surface area contributed by atoms with Crippen molar-refractivity contribution in [2.24, 2.45) is 0 Å². The van der Waals surface area contributed by atoms with Crippen molar-refractivity contribution in [3.05, 3.63) is 34.2 Å². The van der Waals surface area contributed by atoms with Crippen LogP contribution in [0.15, 0.2) is 23.0 Å². The third-order valence-electron chi connectivity index (χ3n) is 3.57. The largest absolute Gasteiger partial charge is 0.344 e. The van der Waals surface area contributed by atoms with Gasteiger partial charge in [0.25, 0.3) is 0 Å². The molecule has 1 aromatic heterocycles. The van der Waals surface area contributed by atoms with Crippen LogP contribution in [0.3, 0.4) is 0 Å². The molecule has 0 saturated carbocycles. The maximum absolute atomic E-state index is 11.3. The van der Waals surface area contributed by atoms with E-state index in [-0.39, 0.29) is 11.7 Å². The van der Waals surface area contributed by atoms with E-state index in [0.29, 0.717) is 13.2 Å². The van der Waals surface area contributed by atoms with Crippen molar-refractivity contribution in [3.8, 4) is 0 Å². The molecule has 2 heterocycles. The lowest BCUT2D eigenvalue weighted by Crippen LogP contribution is -2.47. The highest BCUT2D eigenvalue weighted by atomic mass is 16.7. The predicted molar refractivity (Wildman–Crippen MR) is 71.0 cm³/mol. The average Bonchev–Trinajstić information content (AvgIpc) is 2.78. The van der Waals surface area contributed by atoms with Crippen molar-refractivity contribution in [2.45, 2.75) is 18.8 Å². The molecule has 0 amide bonds. The Bertz CT molecular complexity index is 638. The van der Waals surface area contributed by atoms with E-state index >= 15 is 0 Å². The van der Waals surface area contributed by atoms with Gasteiger partial charge in [0, 0.05) is 5.56 Å². The number of ether oxygens (including phenoxy) is 2. The molecule has 19 heavy (non-hydrogen) atoms. The molecule has 0 radical (unpaired) electrons. The van der Waals surface area contributed by atoms with Crippen LogP contribution in [0.4, 0.5) is 0 Å². The third-order valence-corrected chi connectivity index (χ3v) is 3.57. The van der Waals surface area contributed by atoms with Crippen molar-refractivity contribution >= 4 is 11.0 Å². The molecule has 3 rings (SSSR count).